The lowest BCUT2D eigenvalue weighted by atomic mass is 9.91. The molecule has 0 aromatic rings. The third kappa shape index (κ3) is 1.17. The standard InChI is InChI=1S/C10H12O2/c1-12-10(11)6-9-5-7-2-3-8(9)4-7/h2-4,7,9H,5-6H2,1H3. The van der Waals surface area contributed by atoms with Crippen molar-refractivity contribution in [3.05, 3.63) is 23.8 Å². The third-order valence-electron chi connectivity index (χ3n) is 2.61. The molecule has 0 aliphatic heterocycles. The maximum atomic E-state index is 11.0. The van der Waals surface area contributed by atoms with Crippen LogP contribution < -0.4 is 0 Å². The molecular weight excluding hydrogens is 152 g/mol. The molecule has 2 heteroatoms. The summed E-state index contributed by atoms with van der Waals surface area (Å²) in [5.41, 5.74) is 1.32. The molecule has 0 radical (unpaired) electrons. The van der Waals surface area contributed by atoms with Gasteiger partial charge in [-0.2, -0.15) is 0 Å². The van der Waals surface area contributed by atoms with E-state index in [1.165, 1.54) is 12.7 Å². The van der Waals surface area contributed by atoms with Gasteiger partial charge in [0.15, 0.2) is 0 Å². The van der Waals surface area contributed by atoms with Crippen molar-refractivity contribution in [2.24, 2.45) is 11.8 Å². The fraction of sp³-hybridized carbons (Fsp3) is 0.500. The number of rotatable bonds is 2. The molecule has 2 bridgehead atoms. The van der Waals surface area contributed by atoms with E-state index in [1.807, 2.05) is 0 Å². The summed E-state index contributed by atoms with van der Waals surface area (Å²) < 4.78 is 4.63. The molecule has 12 heavy (non-hydrogen) atoms. The van der Waals surface area contributed by atoms with E-state index in [2.05, 4.69) is 23.0 Å². The van der Waals surface area contributed by atoms with Crippen molar-refractivity contribution in [3.63, 3.8) is 0 Å². The summed E-state index contributed by atoms with van der Waals surface area (Å²) in [6, 6.07) is 0. The number of carbonyl (C=O) groups is 1. The first-order chi connectivity index (χ1) is 5.79. The second kappa shape index (κ2) is 2.77. The van der Waals surface area contributed by atoms with Crippen LogP contribution in [0.25, 0.3) is 0 Å². The van der Waals surface area contributed by atoms with Gasteiger partial charge in [0, 0.05) is 0 Å². The van der Waals surface area contributed by atoms with Crippen LogP contribution in [0.5, 0.6) is 0 Å². The average molecular weight is 164 g/mol. The lowest BCUT2D eigenvalue weighted by Crippen LogP contribution is -2.11. The van der Waals surface area contributed by atoms with E-state index in [0.717, 1.165) is 6.42 Å². The zero-order valence-electron chi connectivity index (χ0n) is 7.12. The van der Waals surface area contributed by atoms with Gasteiger partial charge in [0.2, 0.25) is 0 Å². The second-order valence-electron chi connectivity index (χ2n) is 3.40. The van der Waals surface area contributed by atoms with Crippen molar-refractivity contribution in [3.8, 4) is 0 Å². The molecular formula is C10H12O2. The van der Waals surface area contributed by atoms with E-state index < -0.39 is 0 Å². The van der Waals surface area contributed by atoms with Crippen LogP contribution in [0.2, 0.25) is 0 Å². The number of esters is 1. The van der Waals surface area contributed by atoms with Gasteiger partial charge in [-0.25, -0.2) is 0 Å². The highest BCUT2D eigenvalue weighted by Crippen LogP contribution is 2.39. The van der Waals surface area contributed by atoms with E-state index in [4.69, 9.17) is 0 Å². The van der Waals surface area contributed by atoms with E-state index in [1.54, 1.807) is 0 Å². The average Bonchev–Trinajstić information content (AvgIpc) is 2.64. The van der Waals surface area contributed by atoms with Crippen molar-refractivity contribution >= 4 is 5.97 Å². The quantitative estimate of drug-likeness (QED) is 0.580. The maximum Gasteiger partial charge on any atom is 0.306 e. The molecule has 2 unspecified atom stereocenters. The van der Waals surface area contributed by atoms with Crippen LogP contribution in [-0.4, -0.2) is 13.1 Å². The van der Waals surface area contributed by atoms with Gasteiger partial charge in [0.25, 0.3) is 0 Å². The second-order valence-corrected chi connectivity index (χ2v) is 3.40. The van der Waals surface area contributed by atoms with Gasteiger partial charge in [-0.1, -0.05) is 18.2 Å². The molecule has 2 aliphatic rings. The Morgan fingerprint density at radius 2 is 2.58 bits per heavy atom. The van der Waals surface area contributed by atoms with Gasteiger partial charge < -0.3 is 4.74 Å². The lowest BCUT2D eigenvalue weighted by molar-refractivity contribution is -0.141. The summed E-state index contributed by atoms with van der Waals surface area (Å²) in [4.78, 5) is 11.0. The van der Waals surface area contributed by atoms with Crippen LogP contribution in [-0.2, 0) is 9.53 Å². The topological polar surface area (TPSA) is 26.3 Å². The number of methoxy groups -OCH3 is 1. The minimum atomic E-state index is -0.0955. The molecule has 0 saturated carbocycles. The highest BCUT2D eigenvalue weighted by atomic mass is 16.5. The van der Waals surface area contributed by atoms with Gasteiger partial charge in [0.1, 0.15) is 0 Å². The Balaban J connectivity index is 1.96. The van der Waals surface area contributed by atoms with Crippen molar-refractivity contribution in [2.75, 3.05) is 7.11 Å². The van der Waals surface area contributed by atoms with Gasteiger partial charge in [0.05, 0.1) is 13.5 Å². The zero-order valence-corrected chi connectivity index (χ0v) is 7.12. The summed E-state index contributed by atoms with van der Waals surface area (Å²) in [6.45, 7) is 0. The number of allylic oxidation sites excluding steroid dienone is 4. The predicted octanol–water partition coefficient (Wildman–Crippen LogP) is 1.68. The Morgan fingerprint density at radius 1 is 1.75 bits per heavy atom. The van der Waals surface area contributed by atoms with Crippen LogP contribution >= 0.6 is 0 Å². The largest absolute Gasteiger partial charge is 0.469 e. The van der Waals surface area contributed by atoms with Gasteiger partial charge in [-0.3, -0.25) is 4.79 Å². The van der Waals surface area contributed by atoms with Crippen molar-refractivity contribution in [1.29, 1.82) is 0 Å². The highest BCUT2D eigenvalue weighted by Gasteiger charge is 2.29. The normalized spacial score (nSPS) is 30.6. The zero-order chi connectivity index (χ0) is 8.55. The minimum absolute atomic E-state index is 0.0955. The number of fused-ring (bicyclic) bond motifs is 1. The summed E-state index contributed by atoms with van der Waals surface area (Å²) in [5.74, 6) is 0.920. The monoisotopic (exact) mass is 164 g/mol. The molecule has 0 spiro atoms. The Morgan fingerprint density at radius 3 is 3.08 bits per heavy atom. The maximum absolute atomic E-state index is 11.0. The van der Waals surface area contributed by atoms with E-state index in [9.17, 15) is 4.79 Å². The molecule has 0 fully saturated rings. The van der Waals surface area contributed by atoms with Crippen LogP contribution in [0.1, 0.15) is 12.8 Å². The molecule has 0 aromatic heterocycles. The van der Waals surface area contributed by atoms with Crippen LogP contribution in [0.3, 0.4) is 0 Å². The Bertz CT molecular complexity index is 263. The molecule has 0 saturated heterocycles. The van der Waals surface area contributed by atoms with Gasteiger partial charge >= 0.3 is 5.97 Å². The van der Waals surface area contributed by atoms with Crippen molar-refractivity contribution < 1.29 is 9.53 Å². The smallest absolute Gasteiger partial charge is 0.306 e. The Kier molecular flexibility index (Phi) is 1.75. The Labute approximate surface area is 71.9 Å². The molecule has 2 atom stereocenters. The number of hydrogen-bond donors (Lipinski definition) is 0. The first-order valence-corrected chi connectivity index (χ1v) is 4.26. The number of ether oxygens (including phenoxy) is 1. The minimum Gasteiger partial charge on any atom is -0.469 e. The first-order valence-electron chi connectivity index (χ1n) is 4.26. The number of carbonyl (C=O) groups excluding carboxylic acids is 1. The van der Waals surface area contributed by atoms with E-state index in [0.29, 0.717) is 18.3 Å². The highest BCUT2D eigenvalue weighted by molar-refractivity contribution is 5.70. The molecule has 0 aromatic carbocycles. The summed E-state index contributed by atoms with van der Waals surface area (Å²) in [5, 5.41) is 0. The SMILES string of the molecule is COC(=O)CC1CC2C=CC1=C2. The summed E-state index contributed by atoms with van der Waals surface area (Å²) >= 11 is 0. The Hall–Kier alpha value is -1.05. The van der Waals surface area contributed by atoms with Crippen LogP contribution in [0, 0.1) is 11.8 Å². The molecule has 2 aliphatic carbocycles. The predicted molar refractivity (Wildman–Crippen MR) is 45.5 cm³/mol. The fourth-order valence-corrected chi connectivity index (χ4v) is 1.96. The van der Waals surface area contributed by atoms with Crippen molar-refractivity contribution in [1.82, 2.24) is 0 Å². The molecule has 0 N–H and O–H groups in total. The number of hydrogen-bond acceptors (Lipinski definition) is 2. The fourth-order valence-electron chi connectivity index (χ4n) is 1.96. The van der Waals surface area contributed by atoms with Gasteiger partial charge in [-0.05, 0) is 23.8 Å². The molecule has 2 nitrogen and oxygen atoms in total. The molecule has 64 valence electrons. The summed E-state index contributed by atoms with van der Waals surface area (Å²) in [7, 11) is 1.44. The van der Waals surface area contributed by atoms with E-state index in [-0.39, 0.29) is 5.97 Å². The van der Waals surface area contributed by atoms with Crippen LogP contribution in [0.15, 0.2) is 23.8 Å². The molecule has 2 rings (SSSR count). The van der Waals surface area contributed by atoms with E-state index >= 15 is 0 Å². The molecule has 0 heterocycles. The lowest BCUT2D eigenvalue weighted by Gasteiger charge is -2.14. The van der Waals surface area contributed by atoms with Gasteiger partial charge in [-0.15, -0.1) is 0 Å². The van der Waals surface area contributed by atoms with Crippen molar-refractivity contribution in [2.45, 2.75) is 12.8 Å². The third-order valence-corrected chi connectivity index (χ3v) is 2.61. The summed E-state index contributed by atoms with van der Waals surface area (Å²) in [6.07, 6.45) is 8.21. The first kappa shape index (κ1) is 7.59. The van der Waals surface area contributed by atoms with Crippen LogP contribution in [0.4, 0.5) is 0 Å². The molecule has 0 amide bonds.